The molecular weight excluding hydrogens is 328 g/mol. The number of rotatable bonds is 7. The lowest BCUT2D eigenvalue weighted by atomic mass is 10.2. The molecule has 1 saturated carbocycles. The Morgan fingerprint density at radius 2 is 1.88 bits per heavy atom. The minimum atomic E-state index is -0.0502. The SMILES string of the molecule is C[C@@H]1C[C@H]1C(=O)NCCC(=O)NCc1ccc(N2CCCCCC2)nc1. The van der Waals surface area contributed by atoms with Crippen molar-refractivity contribution in [2.24, 2.45) is 11.8 Å². The van der Waals surface area contributed by atoms with Gasteiger partial charge in [-0.3, -0.25) is 9.59 Å². The Balaban J connectivity index is 1.36. The molecule has 142 valence electrons. The Kier molecular flexibility index (Phi) is 6.47. The minimum absolute atomic E-state index is 0.0502. The third-order valence-electron chi connectivity index (χ3n) is 5.33. The van der Waals surface area contributed by atoms with Crippen LogP contribution in [0.1, 0.15) is 51.0 Å². The zero-order chi connectivity index (χ0) is 18.4. The maximum absolute atomic E-state index is 11.9. The van der Waals surface area contributed by atoms with E-state index in [0.29, 0.717) is 25.4 Å². The van der Waals surface area contributed by atoms with Crippen LogP contribution in [-0.2, 0) is 16.1 Å². The summed E-state index contributed by atoms with van der Waals surface area (Å²) < 4.78 is 0. The Morgan fingerprint density at radius 1 is 1.15 bits per heavy atom. The first-order chi connectivity index (χ1) is 12.6. The first kappa shape index (κ1) is 18.7. The van der Waals surface area contributed by atoms with Crippen LogP contribution in [0, 0.1) is 11.8 Å². The number of amides is 2. The van der Waals surface area contributed by atoms with Crippen molar-refractivity contribution in [2.45, 2.75) is 52.0 Å². The summed E-state index contributed by atoms with van der Waals surface area (Å²) in [5, 5.41) is 5.73. The number of hydrogen-bond donors (Lipinski definition) is 2. The molecule has 2 atom stereocenters. The monoisotopic (exact) mass is 358 g/mol. The number of nitrogens with zero attached hydrogens (tertiary/aromatic N) is 2. The summed E-state index contributed by atoms with van der Waals surface area (Å²) in [5.41, 5.74) is 0.993. The smallest absolute Gasteiger partial charge is 0.223 e. The van der Waals surface area contributed by atoms with Gasteiger partial charge in [-0.2, -0.15) is 0 Å². The summed E-state index contributed by atoms with van der Waals surface area (Å²) in [6.07, 6.45) is 8.20. The molecule has 0 bridgehead atoms. The molecule has 3 rings (SSSR count). The molecule has 2 N–H and O–H groups in total. The molecule has 1 aliphatic heterocycles. The van der Waals surface area contributed by atoms with Crippen molar-refractivity contribution >= 4 is 17.6 Å². The van der Waals surface area contributed by atoms with E-state index in [4.69, 9.17) is 0 Å². The van der Waals surface area contributed by atoms with Crippen LogP contribution in [0.3, 0.4) is 0 Å². The van der Waals surface area contributed by atoms with E-state index in [-0.39, 0.29) is 17.7 Å². The molecule has 6 heteroatoms. The average molecular weight is 358 g/mol. The normalized spacial score (nSPS) is 22.4. The first-order valence-corrected chi connectivity index (χ1v) is 9.88. The number of anilines is 1. The molecule has 0 spiro atoms. The molecule has 0 radical (unpaired) electrons. The number of hydrogen-bond acceptors (Lipinski definition) is 4. The summed E-state index contributed by atoms with van der Waals surface area (Å²) in [6, 6.07) is 4.08. The van der Waals surface area contributed by atoms with Gasteiger partial charge in [-0.25, -0.2) is 4.98 Å². The van der Waals surface area contributed by atoms with E-state index in [0.717, 1.165) is 30.9 Å². The van der Waals surface area contributed by atoms with Crippen molar-refractivity contribution in [1.29, 1.82) is 0 Å². The van der Waals surface area contributed by atoms with Crippen LogP contribution in [-0.4, -0.2) is 36.4 Å². The van der Waals surface area contributed by atoms with Crippen molar-refractivity contribution in [3.05, 3.63) is 23.9 Å². The number of carbonyl (C=O) groups excluding carboxylic acids is 2. The summed E-state index contributed by atoms with van der Waals surface area (Å²) in [7, 11) is 0. The molecule has 6 nitrogen and oxygen atoms in total. The van der Waals surface area contributed by atoms with Crippen molar-refractivity contribution < 1.29 is 9.59 Å². The molecule has 0 aromatic carbocycles. The van der Waals surface area contributed by atoms with E-state index < -0.39 is 0 Å². The summed E-state index contributed by atoms with van der Waals surface area (Å²) in [5.74, 6) is 1.71. The molecule has 26 heavy (non-hydrogen) atoms. The van der Waals surface area contributed by atoms with E-state index in [1.807, 2.05) is 18.3 Å². The molecule has 1 aliphatic carbocycles. The predicted octanol–water partition coefficient (Wildman–Crippen LogP) is 2.24. The molecule has 0 unspecified atom stereocenters. The Hall–Kier alpha value is -2.11. The number of pyridine rings is 1. The second-order valence-electron chi connectivity index (χ2n) is 7.56. The van der Waals surface area contributed by atoms with Crippen LogP contribution in [0.5, 0.6) is 0 Å². The van der Waals surface area contributed by atoms with E-state index >= 15 is 0 Å². The van der Waals surface area contributed by atoms with Crippen molar-refractivity contribution in [3.8, 4) is 0 Å². The molecule has 1 aromatic rings. The summed E-state index contributed by atoms with van der Waals surface area (Å²) >= 11 is 0. The van der Waals surface area contributed by atoms with Crippen LogP contribution in [0.25, 0.3) is 0 Å². The predicted molar refractivity (Wildman–Crippen MR) is 102 cm³/mol. The fourth-order valence-electron chi connectivity index (χ4n) is 3.41. The van der Waals surface area contributed by atoms with E-state index in [2.05, 4.69) is 27.4 Å². The number of carbonyl (C=O) groups is 2. The van der Waals surface area contributed by atoms with Crippen LogP contribution in [0.4, 0.5) is 5.82 Å². The van der Waals surface area contributed by atoms with Gasteiger partial charge in [0.05, 0.1) is 0 Å². The lowest BCUT2D eigenvalue weighted by Crippen LogP contribution is -2.31. The second-order valence-corrected chi connectivity index (χ2v) is 7.56. The largest absolute Gasteiger partial charge is 0.357 e. The molecular formula is C20H30N4O2. The van der Waals surface area contributed by atoms with Crippen LogP contribution in [0.2, 0.25) is 0 Å². The van der Waals surface area contributed by atoms with Crippen molar-refractivity contribution in [2.75, 3.05) is 24.5 Å². The molecule has 1 saturated heterocycles. The van der Waals surface area contributed by atoms with Crippen molar-refractivity contribution in [3.63, 3.8) is 0 Å². The third-order valence-corrected chi connectivity index (χ3v) is 5.33. The average Bonchev–Trinajstić information content (AvgIpc) is 3.43. The molecule has 1 aromatic heterocycles. The third kappa shape index (κ3) is 5.44. The fraction of sp³-hybridized carbons (Fsp3) is 0.650. The minimum Gasteiger partial charge on any atom is -0.357 e. The van der Waals surface area contributed by atoms with E-state index in [1.165, 1.54) is 25.7 Å². The molecule has 2 amide bonds. The standard InChI is InChI=1S/C20H30N4O2/c1-15-12-17(15)20(26)21-9-8-19(25)23-14-16-6-7-18(22-13-16)24-10-4-2-3-5-11-24/h6-7,13,15,17H,2-5,8-12,14H2,1H3,(H,21,26)(H,23,25)/t15-,17-/m1/s1. The highest BCUT2D eigenvalue weighted by Crippen LogP contribution is 2.37. The Morgan fingerprint density at radius 3 is 2.50 bits per heavy atom. The zero-order valence-corrected chi connectivity index (χ0v) is 15.7. The van der Waals surface area contributed by atoms with Gasteiger partial charge in [-0.1, -0.05) is 25.8 Å². The molecule has 2 fully saturated rings. The Labute approximate surface area is 155 Å². The lowest BCUT2D eigenvalue weighted by molar-refractivity contribution is -0.123. The summed E-state index contributed by atoms with van der Waals surface area (Å²) in [6.45, 7) is 5.10. The van der Waals surface area contributed by atoms with Crippen LogP contribution >= 0.6 is 0 Å². The fourth-order valence-corrected chi connectivity index (χ4v) is 3.41. The van der Waals surface area contributed by atoms with Gasteiger partial charge in [-0.15, -0.1) is 0 Å². The van der Waals surface area contributed by atoms with Gasteiger partial charge in [0.2, 0.25) is 11.8 Å². The first-order valence-electron chi connectivity index (χ1n) is 9.88. The van der Waals surface area contributed by atoms with E-state index in [9.17, 15) is 9.59 Å². The maximum Gasteiger partial charge on any atom is 0.223 e. The highest BCUT2D eigenvalue weighted by Gasteiger charge is 2.38. The quantitative estimate of drug-likeness (QED) is 0.784. The lowest BCUT2D eigenvalue weighted by Gasteiger charge is -2.21. The van der Waals surface area contributed by atoms with Gasteiger partial charge in [0.1, 0.15) is 5.82 Å². The van der Waals surface area contributed by atoms with Gasteiger partial charge in [-0.05, 0) is 36.8 Å². The number of nitrogens with one attached hydrogen (secondary N) is 2. The van der Waals surface area contributed by atoms with Crippen LogP contribution in [0.15, 0.2) is 18.3 Å². The van der Waals surface area contributed by atoms with Crippen molar-refractivity contribution in [1.82, 2.24) is 15.6 Å². The maximum atomic E-state index is 11.9. The topological polar surface area (TPSA) is 74.3 Å². The number of aromatic nitrogens is 1. The van der Waals surface area contributed by atoms with Gasteiger partial charge < -0.3 is 15.5 Å². The Bertz CT molecular complexity index is 609. The van der Waals surface area contributed by atoms with Gasteiger partial charge >= 0.3 is 0 Å². The molecule has 2 heterocycles. The second kappa shape index (κ2) is 9.01. The highest BCUT2D eigenvalue weighted by atomic mass is 16.2. The molecule has 2 aliphatic rings. The zero-order valence-electron chi connectivity index (χ0n) is 15.7. The van der Waals surface area contributed by atoms with Gasteiger partial charge in [0.15, 0.2) is 0 Å². The van der Waals surface area contributed by atoms with Gasteiger partial charge in [0.25, 0.3) is 0 Å². The van der Waals surface area contributed by atoms with Gasteiger partial charge in [0, 0.05) is 44.7 Å². The van der Waals surface area contributed by atoms with E-state index in [1.54, 1.807) is 0 Å². The summed E-state index contributed by atoms with van der Waals surface area (Å²) in [4.78, 5) is 30.5. The van der Waals surface area contributed by atoms with Crippen LogP contribution < -0.4 is 15.5 Å². The highest BCUT2D eigenvalue weighted by molar-refractivity contribution is 5.82.